The van der Waals surface area contributed by atoms with Gasteiger partial charge in [0.15, 0.2) is 0 Å². The van der Waals surface area contributed by atoms with Gasteiger partial charge in [0.25, 0.3) is 8.32 Å². The van der Waals surface area contributed by atoms with Gasteiger partial charge in [0.1, 0.15) is 16.7 Å². The Hall–Kier alpha value is -2.99. The van der Waals surface area contributed by atoms with Crippen LogP contribution in [0.1, 0.15) is 26.5 Å². The zero-order chi connectivity index (χ0) is 25.1. The van der Waals surface area contributed by atoms with Gasteiger partial charge in [0, 0.05) is 11.1 Å². The molecule has 0 atom stereocenters. The summed E-state index contributed by atoms with van der Waals surface area (Å²) in [6.45, 7) is 6.98. The predicted molar refractivity (Wildman–Crippen MR) is 144 cm³/mol. The molecule has 3 aromatic carbocycles. The van der Waals surface area contributed by atoms with Crippen LogP contribution in [0.2, 0.25) is 10.2 Å². The third-order valence-electron chi connectivity index (χ3n) is 6.22. The summed E-state index contributed by atoms with van der Waals surface area (Å²) in [4.78, 5) is 4.57. The van der Waals surface area contributed by atoms with Crippen LogP contribution < -0.4 is 15.1 Å². The van der Waals surface area contributed by atoms with Crippen molar-refractivity contribution in [1.82, 2.24) is 4.98 Å². The summed E-state index contributed by atoms with van der Waals surface area (Å²) >= 11 is 6.54. The average molecular weight is 506 g/mol. The molecule has 0 N–H and O–H groups in total. The van der Waals surface area contributed by atoms with E-state index in [0.29, 0.717) is 22.6 Å². The molecule has 0 saturated carbocycles. The van der Waals surface area contributed by atoms with Crippen LogP contribution >= 0.6 is 11.6 Å². The minimum absolute atomic E-state index is 0.150. The molecule has 0 aliphatic carbocycles. The van der Waals surface area contributed by atoms with Gasteiger partial charge in [-0.15, -0.1) is 0 Å². The molecule has 0 saturated heterocycles. The fraction of sp³-hybridized carbons (Fsp3) is 0.207. The number of nitrogens with zero attached hydrogens (tertiary/aromatic N) is 1. The number of pyridine rings is 1. The van der Waals surface area contributed by atoms with Crippen molar-refractivity contribution in [2.45, 2.75) is 32.4 Å². The van der Waals surface area contributed by atoms with E-state index in [1.807, 2.05) is 18.2 Å². The highest BCUT2D eigenvalue weighted by atomic mass is 35.5. The Bertz CT molecular complexity index is 1250. The molecule has 1 heterocycles. The monoisotopic (exact) mass is 505 g/mol. The second kappa shape index (κ2) is 10.3. The maximum atomic E-state index is 14.5. The summed E-state index contributed by atoms with van der Waals surface area (Å²) in [6.07, 6.45) is 0. The van der Waals surface area contributed by atoms with Gasteiger partial charge in [-0.1, -0.05) is 93.0 Å². The van der Waals surface area contributed by atoms with E-state index in [-0.39, 0.29) is 22.6 Å². The molecule has 180 valence electrons. The summed E-state index contributed by atoms with van der Waals surface area (Å²) in [7, 11) is -1.16. The van der Waals surface area contributed by atoms with Crippen LogP contribution in [0, 0.1) is 5.82 Å². The van der Waals surface area contributed by atoms with Gasteiger partial charge in [-0.3, -0.25) is 0 Å². The molecule has 6 heteroatoms. The Labute approximate surface area is 212 Å². The lowest BCUT2D eigenvalue weighted by molar-refractivity contribution is 0.282. The van der Waals surface area contributed by atoms with Crippen molar-refractivity contribution in [1.29, 1.82) is 0 Å². The van der Waals surface area contributed by atoms with Gasteiger partial charge >= 0.3 is 0 Å². The number of hydrogen-bond donors (Lipinski definition) is 0. The minimum Gasteiger partial charge on any atom is -0.497 e. The number of halogens is 2. The Morgan fingerprint density at radius 1 is 0.829 bits per heavy atom. The topological polar surface area (TPSA) is 31.4 Å². The van der Waals surface area contributed by atoms with Gasteiger partial charge in [0.05, 0.1) is 19.4 Å². The quantitative estimate of drug-likeness (QED) is 0.209. The van der Waals surface area contributed by atoms with Gasteiger partial charge < -0.3 is 9.16 Å². The molecule has 4 rings (SSSR count). The van der Waals surface area contributed by atoms with E-state index in [1.54, 1.807) is 25.3 Å². The van der Waals surface area contributed by atoms with Crippen molar-refractivity contribution in [2.75, 3.05) is 7.11 Å². The molecule has 35 heavy (non-hydrogen) atoms. The summed E-state index contributed by atoms with van der Waals surface area (Å²) in [5, 5.41) is 2.46. The first-order valence-corrected chi connectivity index (χ1v) is 13.8. The number of hydrogen-bond acceptors (Lipinski definition) is 3. The lowest BCUT2D eigenvalue weighted by Crippen LogP contribution is -2.66. The second-order valence-electron chi connectivity index (χ2n) is 9.44. The smallest absolute Gasteiger partial charge is 0.261 e. The SMILES string of the molecule is COc1ccc(F)c(-c2ccc(CO[Si](c3ccccc3)(c3ccccc3)C(C)(C)C)nc2Cl)c1. The van der Waals surface area contributed by atoms with Gasteiger partial charge in [-0.2, -0.15) is 0 Å². The summed E-state index contributed by atoms with van der Waals surface area (Å²) in [5.41, 5.74) is 1.55. The third-order valence-corrected chi connectivity index (χ3v) is 11.5. The number of benzene rings is 3. The first-order chi connectivity index (χ1) is 16.8. The van der Waals surface area contributed by atoms with Crippen LogP contribution in [0.25, 0.3) is 11.1 Å². The van der Waals surface area contributed by atoms with E-state index in [1.165, 1.54) is 16.4 Å². The lowest BCUT2D eigenvalue weighted by Gasteiger charge is -2.43. The minimum atomic E-state index is -2.71. The second-order valence-corrected chi connectivity index (χ2v) is 14.1. The zero-order valence-corrected chi connectivity index (χ0v) is 22.1. The van der Waals surface area contributed by atoms with Crippen LogP contribution in [0.5, 0.6) is 5.75 Å². The molecule has 1 aromatic heterocycles. The fourth-order valence-electron chi connectivity index (χ4n) is 4.53. The summed E-state index contributed by atoms with van der Waals surface area (Å²) in [6, 6.07) is 29.1. The Morgan fingerprint density at radius 2 is 1.43 bits per heavy atom. The standard InChI is InChI=1S/C29H29ClFNO2Si/c1-29(2,3)35(23-11-7-5-8-12-23,24-13-9-6-10-14-24)34-20-21-15-17-25(28(30)32-21)26-19-22(33-4)16-18-27(26)31/h5-19H,20H2,1-4H3. The normalized spacial score (nSPS) is 11.9. The summed E-state index contributed by atoms with van der Waals surface area (Å²) < 4.78 is 26.7. The molecule has 0 amide bonds. The maximum absolute atomic E-state index is 14.5. The highest BCUT2D eigenvalue weighted by Gasteiger charge is 2.50. The largest absolute Gasteiger partial charge is 0.497 e. The van der Waals surface area contributed by atoms with Gasteiger partial charge in [-0.25, -0.2) is 9.37 Å². The molecule has 0 unspecified atom stereocenters. The average Bonchev–Trinajstić information content (AvgIpc) is 2.85. The van der Waals surface area contributed by atoms with E-state index < -0.39 is 8.32 Å². The molecule has 3 nitrogen and oxygen atoms in total. The van der Waals surface area contributed by atoms with Crippen molar-refractivity contribution < 1.29 is 13.6 Å². The zero-order valence-electron chi connectivity index (χ0n) is 20.4. The van der Waals surface area contributed by atoms with Crippen LogP contribution in [0.3, 0.4) is 0 Å². The molecule has 0 bridgehead atoms. The van der Waals surface area contributed by atoms with Gasteiger partial charge in [0.2, 0.25) is 0 Å². The molecular formula is C29H29ClFNO2Si. The predicted octanol–water partition coefficient (Wildman–Crippen LogP) is 6.63. The van der Waals surface area contributed by atoms with Crippen molar-refractivity contribution >= 4 is 30.3 Å². The fourth-order valence-corrected chi connectivity index (χ4v) is 9.33. The molecule has 0 aliphatic rings. The summed E-state index contributed by atoms with van der Waals surface area (Å²) in [5.74, 6) is 0.169. The van der Waals surface area contributed by atoms with Crippen LogP contribution in [-0.4, -0.2) is 20.4 Å². The highest BCUT2D eigenvalue weighted by Crippen LogP contribution is 2.37. The van der Waals surface area contributed by atoms with Crippen LogP contribution in [0.4, 0.5) is 4.39 Å². The molecule has 4 aromatic rings. The number of ether oxygens (including phenoxy) is 1. The van der Waals surface area contributed by atoms with Gasteiger partial charge in [-0.05, 0) is 45.7 Å². The van der Waals surface area contributed by atoms with E-state index in [9.17, 15) is 4.39 Å². The van der Waals surface area contributed by atoms with E-state index in [2.05, 4.69) is 74.3 Å². The number of methoxy groups -OCH3 is 1. The Balaban J connectivity index is 1.72. The lowest BCUT2D eigenvalue weighted by atomic mass is 10.1. The van der Waals surface area contributed by atoms with E-state index in [4.69, 9.17) is 20.8 Å². The number of rotatable bonds is 7. The van der Waals surface area contributed by atoms with Crippen molar-refractivity contribution in [3.05, 3.63) is 108 Å². The maximum Gasteiger partial charge on any atom is 0.261 e. The first-order valence-electron chi connectivity index (χ1n) is 11.5. The third kappa shape index (κ3) is 5.03. The first kappa shape index (κ1) is 25.1. The van der Waals surface area contributed by atoms with Crippen LogP contribution in [0.15, 0.2) is 91.0 Å². The molecule has 0 fully saturated rings. The van der Waals surface area contributed by atoms with Crippen molar-refractivity contribution in [2.24, 2.45) is 0 Å². The molecular weight excluding hydrogens is 477 g/mol. The Morgan fingerprint density at radius 3 is 1.94 bits per heavy atom. The number of aromatic nitrogens is 1. The Kier molecular flexibility index (Phi) is 7.41. The van der Waals surface area contributed by atoms with Crippen molar-refractivity contribution in [3.63, 3.8) is 0 Å². The van der Waals surface area contributed by atoms with E-state index >= 15 is 0 Å². The highest BCUT2D eigenvalue weighted by molar-refractivity contribution is 6.99. The van der Waals surface area contributed by atoms with E-state index in [0.717, 1.165) is 0 Å². The van der Waals surface area contributed by atoms with Crippen LogP contribution in [-0.2, 0) is 11.0 Å². The molecule has 0 spiro atoms. The molecule has 0 radical (unpaired) electrons. The van der Waals surface area contributed by atoms with Crippen molar-refractivity contribution in [3.8, 4) is 16.9 Å². The molecule has 0 aliphatic heterocycles.